The second-order valence-corrected chi connectivity index (χ2v) is 6.19. The lowest BCUT2D eigenvalue weighted by Gasteiger charge is -2.14. The number of rotatable bonds is 3. The van der Waals surface area contributed by atoms with E-state index in [1.807, 2.05) is 73.7 Å². The quantitative estimate of drug-likeness (QED) is 0.563. The van der Waals surface area contributed by atoms with Gasteiger partial charge in [0.2, 0.25) is 0 Å². The fourth-order valence-electron chi connectivity index (χ4n) is 3.11. The third kappa shape index (κ3) is 2.96. The summed E-state index contributed by atoms with van der Waals surface area (Å²) in [6, 6.07) is 25.6. The van der Waals surface area contributed by atoms with Gasteiger partial charge in [-0.25, -0.2) is 4.98 Å². The zero-order valence-electron chi connectivity index (χ0n) is 14.0. The molecule has 0 fully saturated rings. The van der Waals surface area contributed by atoms with E-state index in [0.29, 0.717) is 11.8 Å². The van der Waals surface area contributed by atoms with Crippen LogP contribution in [0.1, 0.15) is 17.0 Å². The van der Waals surface area contributed by atoms with Crippen LogP contribution in [-0.4, -0.2) is 9.55 Å². The zero-order valence-corrected chi connectivity index (χ0v) is 14.0. The molecule has 4 rings (SSSR count). The highest BCUT2D eigenvalue weighted by molar-refractivity contribution is 5.77. The number of aryl methyl sites for hydroxylation is 1. The van der Waals surface area contributed by atoms with Gasteiger partial charge in [0.05, 0.1) is 16.6 Å². The van der Waals surface area contributed by atoms with Gasteiger partial charge in [-0.1, -0.05) is 54.6 Å². The van der Waals surface area contributed by atoms with Crippen LogP contribution >= 0.6 is 0 Å². The number of fused-ring (bicyclic) bond motifs is 1. The molecule has 0 atom stereocenters. The van der Waals surface area contributed by atoms with E-state index in [4.69, 9.17) is 4.98 Å². The summed E-state index contributed by atoms with van der Waals surface area (Å²) in [5.41, 5.74) is 3.81. The van der Waals surface area contributed by atoms with Crippen molar-refractivity contribution in [3.8, 4) is 5.69 Å². The molecule has 0 N–H and O–H groups in total. The highest BCUT2D eigenvalue weighted by Crippen LogP contribution is 2.16. The summed E-state index contributed by atoms with van der Waals surface area (Å²) in [7, 11) is 0. The summed E-state index contributed by atoms with van der Waals surface area (Å²) in [6.07, 6.45) is 0.606. The molecule has 0 amide bonds. The van der Waals surface area contributed by atoms with Crippen LogP contribution in [0.4, 0.5) is 0 Å². The first kappa shape index (κ1) is 15.3. The summed E-state index contributed by atoms with van der Waals surface area (Å²) in [5.74, 6) is 0.750. The molecule has 0 unspecified atom stereocenters. The molecule has 0 saturated heterocycles. The Morgan fingerprint density at radius 3 is 2.44 bits per heavy atom. The Bertz CT molecular complexity index is 1100. The Labute approximate surface area is 146 Å². The van der Waals surface area contributed by atoms with Crippen LogP contribution < -0.4 is 5.56 Å². The molecule has 3 aromatic carbocycles. The Morgan fingerprint density at radius 1 is 0.880 bits per heavy atom. The standard InChI is InChI=1S/C22H18N2O/c1-16-8-7-11-18(14-16)24-21(15-17-9-3-2-4-10-17)23-20-13-6-5-12-19(20)22(24)25/h2-14H,15H2,1H3. The van der Waals surface area contributed by atoms with Gasteiger partial charge < -0.3 is 0 Å². The summed E-state index contributed by atoms with van der Waals surface area (Å²) in [4.78, 5) is 18.0. The van der Waals surface area contributed by atoms with Crippen molar-refractivity contribution in [3.63, 3.8) is 0 Å². The summed E-state index contributed by atoms with van der Waals surface area (Å²) in [5, 5.41) is 0.640. The van der Waals surface area contributed by atoms with Gasteiger partial charge in [0.25, 0.3) is 5.56 Å². The summed E-state index contributed by atoms with van der Waals surface area (Å²) < 4.78 is 1.74. The lowest BCUT2D eigenvalue weighted by molar-refractivity contribution is 0.849. The second kappa shape index (κ2) is 6.36. The topological polar surface area (TPSA) is 34.9 Å². The molecule has 0 radical (unpaired) electrons. The third-order valence-electron chi connectivity index (χ3n) is 4.31. The van der Waals surface area contributed by atoms with Crippen LogP contribution in [0.2, 0.25) is 0 Å². The lowest BCUT2D eigenvalue weighted by atomic mass is 10.1. The van der Waals surface area contributed by atoms with Crippen LogP contribution in [0.25, 0.3) is 16.6 Å². The number of nitrogens with zero attached hydrogens (tertiary/aromatic N) is 2. The van der Waals surface area contributed by atoms with E-state index in [-0.39, 0.29) is 5.56 Å². The number of aromatic nitrogens is 2. The smallest absolute Gasteiger partial charge is 0.265 e. The first-order valence-electron chi connectivity index (χ1n) is 8.34. The molecule has 122 valence electrons. The minimum Gasteiger partial charge on any atom is -0.268 e. The number of hydrogen-bond acceptors (Lipinski definition) is 2. The first-order valence-corrected chi connectivity index (χ1v) is 8.34. The Balaban J connectivity index is 1.99. The van der Waals surface area contributed by atoms with Crippen LogP contribution in [-0.2, 0) is 6.42 Å². The molecule has 0 aliphatic carbocycles. The molecule has 0 spiro atoms. The maximum Gasteiger partial charge on any atom is 0.265 e. The van der Waals surface area contributed by atoms with E-state index in [2.05, 4.69) is 12.1 Å². The lowest BCUT2D eigenvalue weighted by Crippen LogP contribution is -2.24. The van der Waals surface area contributed by atoms with E-state index in [1.165, 1.54) is 0 Å². The van der Waals surface area contributed by atoms with Gasteiger partial charge in [-0.2, -0.15) is 0 Å². The predicted molar refractivity (Wildman–Crippen MR) is 101 cm³/mol. The van der Waals surface area contributed by atoms with E-state index in [9.17, 15) is 4.79 Å². The molecule has 0 aliphatic rings. The fourth-order valence-corrected chi connectivity index (χ4v) is 3.11. The van der Waals surface area contributed by atoms with Gasteiger partial charge in [0.15, 0.2) is 0 Å². The van der Waals surface area contributed by atoms with Crippen LogP contribution in [0.5, 0.6) is 0 Å². The maximum atomic E-state index is 13.2. The fraction of sp³-hybridized carbons (Fsp3) is 0.0909. The average molecular weight is 326 g/mol. The maximum absolute atomic E-state index is 13.2. The van der Waals surface area contributed by atoms with Crippen molar-refractivity contribution in [2.75, 3.05) is 0 Å². The van der Waals surface area contributed by atoms with Crippen LogP contribution in [0.3, 0.4) is 0 Å². The Morgan fingerprint density at radius 2 is 1.64 bits per heavy atom. The Kier molecular flexibility index (Phi) is 3.90. The molecule has 25 heavy (non-hydrogen) atoms. The number of para-hydroxylation sites is 1. The van der Waals surface area contributed by atoms with Crippen molar-refractivity contribution in [1.82, 2.24) is 9.55 Å². The molecule has 0 bridgehead atoms. The molecule has 4 aromatic rings. The molecular formula is C22H18N2O. The zero-order chi connectivity index (χ0) is 17.2. The second-order valence-electron chi connectivity index (χ2n) is 6.19. The van der Waals surface area contributed by atoms with Crippen LogP contribution in [0.15, 0.2) is 83.7 Å². The van der Waals surface area contributed by atoms with Gasteiger partial charge in [-0.3, -0.25) is 9.36 Å². The van der Waals surface area contributed by atoms with E-state index >= 15 is 0 Å². The minimum absolute atomic E-state index is 0.0258. The normalized spacial score (nSPS) is 10.9. The first-order chi connectivity index (χ1) is 12.2. The molecule has 0 aliphatic heterocycles. The van der Waals surface area contributed by atoms with Gasteiger partial charge in [-0.15, -0.1) is 0 Å². The minimum atomic E-state index is -0.0258. The van der Waals surface area contributed by atoms with Crippen LogP contribution in [0, 0.1) is 6.92 Å². The van der Waals surface area contributed by atoms with Crippen molar-refractivity contribution in [2.45, 2.75) is 13.3 Å². The highest BCUT2D eigenvalue weighted by atomic mass is 16.1. The van der Waals surface area contributed by atoms with Gasteiger partial charge in [0, 0.05) is 6.42 Å². The molecule has 1 heterocycles. The highest BCUT2D eigenvalue weighted by Gasteiger charge is 2.13. The van der Waals surface area contributed by atoms with Gasteiger partial charge in [0.1, 0.15) is 5.82 Å². The van der Waals surface area contributed by atoms with Crippen molar-refractivity contribution in [2.24, 2.45) is 0 Å². The predicted octanol–water partition coefficient (Wildman–Crippen LogP) is 4.28. The van der Waals surface area contributed by atoms with Crippen molar-refractivity contribution in [3.05, 3.63) is 106 Å². The monoisotopic (exact) mass is 326 g/mol. The molecule has 3 heteroatoms. The number of hydrogen-bond donors (Lipinski definition) is 0. The van der Waals surface area contributed by atoms with Gasteiger partial charge in [-0.05, 0) is 42.3 Å². The largest absolute Gasteiger partial charge is 0.268 e. The van der Waals surface area contributed by atoms with Gasteiger partial charge >= 0.3 is 0 Å². The summed E-state index contributed by atoms with van der Waals surface area (Å²) >= 11 is 0. The number of benzene rings is 3. The molecule has 1 aromatic heterocycles. The van der Waals surface area contributed by atoms with Crippen molar-refractivity contribution >= 4 is 10.9 Å². The average Bonchev–Trinajstić information content (AvgIpc) is 2.63. The Hall–Kier alpha value is -3.20. The van der Waals surface area contributed by atoms with E-state index < -0.39 is 0 Å². The van der Waals surface area contributed by atoms with Crippen molar-refractivity contribution in [1.29, 1.82) is 0 Å². The summed E-state index contributed by atoms with van der Waals surface area (Å²) in [6.45, 7) is 2.03. The van der Waals surface area contributed by atoms with E-state index in [0.717, 1.165) is 28.2 Å². The molecular weight excluding hydrogens is 308 g/mol. The SMILES string of the molecule is Cc1cccc(-n2c(Cc3ccccc3)nc3ccccc3c2=O)c1. The van der Waals surface area contributed by atoms with E-state index in [1.54, 1.807) is 4.57 Å². The third-order valence-corrected chi connectivity index (χ3v) is 4.31. The van der Waals surface area contributed by atoms with Crippen molar-refractivity contribution < 1.29 is 0 Å². The molecule has 0 saturated carbocycles. The molecule has 3 nitrogen and oxygen atoms in total.